The molecule has 3 aromatic rings. The normalized spacial score (nSPS) is 14.4. The Labute approximate surface area is 174 Å². The molecule has 0 spiro atoms. The number of aromatic hydroxyl groups is 1. The zero-order valence-corrected chi connectivity index (χ0v) is 16.8. The topological polar surface area (TPSA) is 111 Å². The summed E-state index contributed by atoms with van der Waals surface area (Å²) in [5.74, 6) is 2.43. The van der Waals surface area contributed by atoms with E-state index in [1.165, 1.54) is 0 Å². The van der Waals surface area contributed by atoms with E-state index in [4.69, 9.17) is 19.9 Å². The molecule has 0 fully saturated rings. The maximum atomic E-state index is 9.95. The number of nitrogens with two attached hydrogens (primary N) is 1. The molecule has 0 saturated carbocycles. The number of aliphatic hydroxyl groups excluding tert-OH is 1. The van der Waals surface area contributed by atoms with Crippen LogP contribution in [0, 0.1) is 0 Å². The molecule has 8 nitrogen and oxygen atoms in total. The smallest absolute Gasteiger partial charge is 0.306 e. The van der Waals surface area contributed by atoms with E-state index in [2.05, 4.69) is 4.98 Å². The summed E-state index contributed by atoms with van der Waals surface area (Å²) in [6, 6.07) is 10.7. The molecule has 2 aromatic carbocycles. The zero-order chi connectivity index (χ0) is 21.3. The highest BCUT2D eigenvalue weighted by Gasteiger charge is 2.36. The summed E-state index contributed by atoms with van der Waals surface area (Å²) in [5, 5.41) is 19.2. The van der Waals surface area contributed by atoms with E-state index in [1.807, 2.05) is 24.3 Å². The quantitative estimate of drug-likeness (QED) is 0.418. The van der Waals surface area contributed by atoms with Crippen LogP contribution in [0.3, 0.4) is 0 Å². The Balaban J connectivity index is 1.93. The van der Waals surface area contributed by atoms with Crippen LogP contribution in [0.15, 0.2) is 42.7 Å². The molecular formula is C22H24N3O5+. The van der Waals surface area contributed by atoms with Gasteiger partial charge in [0.05, 0.1) is 26.7 Å². The monoisotopic (exact) mass is 410 g/mol. The molecular weight excluding hydrogens is 386 g/mol. The van der Waals surface area contributed by atoms with Crippen molar-refractivity contribution in [3.63, 3.8) is 0 Å². The van der Waals surface area contributed by atoms with Crippen LogP contribution in [0.4, 0.5) is 5.82 Å². The van der Waals surface area contributed by atoms with Crippen LogP contribution >= 0.6 is 0 Å². The van der Waals surface area contributed by atoms with E-state index in [9.17, 15) is 10.2 Å². The maximum Gasteiger partial charge on any atom is 0.306 e. The van der Waals surface area contributed by atoms with Crippen molar-refractivity contribution in [2.45, 2.75) is 18.9 Å². The molecule has 1 aromatic heterocycles. The van der Waals surface area contributed by atoms with Crippen LogP contribution in [0.1, 0.15) is 29.0 Å². The molecule has 0 aliphatic carbocycles. The number of aryl methyl sites for hydroxylation is 1. The number of anilines is 1. The second-order valence-electron chi connectivity index (χ2n) is 6.99. The van der Waals surface area contributed by atoms with Crippen LogP contribution in [0.25, 0.3) is 0 Å². The fraction of sp³-hybridized carbons (Fsp3) is 0.273. The van der Waals surface area contributed by atoms with Gasteiger partial charge in [-0.1, -0.05) is 17.1 Å². The Hall–Kier alpha value is -3.52. The fourth-order valence-corrected chi connectivity index (χ4v) is 3.78. The average molecular weight is 410 g/mol. The highest BCUT2D eigenvalue weighted by atomic mass is 16.5. The van der Waals surface area contributed by atoms with E-state index in [-0.39, 0.29) is 18.3 Å². The number of nitrogen functional groups attached to an aromatic ring is 1. The Morgan fingerprint density at radius 1 is 1.13 bits per heavy atom. The van der Waals surface area contributed by atoms with Crippen molar-refractivity contribution in [2.75, 3.05) is 26.6 Å². The maximum absolute atomic E-state index is 9.95. The lowest BCUT2D eigenvalue weighted by Crippen LogP contribution is -2.40. The minimum absolute atomic E-state index is 0.0568. The number of phenolic OH excluding ortho intramolecular Hbond substituents is 1. The molecule has 0 amide bonds. The second kappa shape index (κ2) is 8.08. The van der Waals surface area contributed by atoms with Gasteiger partial charge in [-0.15, -0.1) is 0 Å². The first-order valence-electron chi connectivity index (χ1n) is 9.58. The van der Waals surface area contributed by atoms with Crippen LogP contribution in [0.2, 0.25) is 0 Å². The molecule has 4 rings (SSSR count). The minimum Gasteiger partial charge on any atom is -0.508 e. The summed E-state index contributed by atoms with van der Waals surface area (Å²) in [6.45, 7) is 0.588. The van der Waals surface area contributed by atoms with Crippen molar-refractivity contribution in [3.8, 4) is 28.9 Å². The van der Waals surface area contributed by atoms with Crippen molar-refractivity contribution >= 4 is 5.82 Å². The number of fused-ring (bicyclic) bond motifs is 2. The Morgan fingerprint density at radius 3 is 2.67 bits per heavy atom. The third-order valence-corrected chi connectivity index (χ3v) is 5.23. The summed E-state index contributed by atoms with van der Waals surface area (Å²) in [7, 11) is 3.18. The lowest BCUT2D eigenvalue weighted by molar-refractivity contribution is -0.686. The van der Waals surface area contributed by atoms with Crippen LogP contribution in [-0.4, -0.2) is 36.0 Å². The van der Waals surface area contributed by atoms with E-state index in [1.54, 1.807) is 37.2 Å². The molecule has 0 bridgehead atoms. The molecule has 156 valence electrons. The van der Waals surface area contributed by atoms with Gasteiger partial charge in [0, 0.05) is 24.7 Å². The van der Waals surface area contributed by atoms with E-state index in [0.717, 1.165) is 16.7 Å². The molecule has 30 heavy (non-hydrogen) atoms. The van der Waals surface area contributed by atoms with Crippen LogP contribution < -0.4 is 24.5 Å². The molecule has 2 heterocycles. The number of hydrogen-bond acceptors (Lipinski definition) is 7. The summed E-state index contributed by atoms with van der Waals surface area (Å²) in [5.41, 5.74) is 9.03. The Morgan fingerprint density at radius 2 is 1.93 bits per heavy atom. The van der Waals surface area contributed by atoms with Gasteiger partial charge in [-0.05, 0) is 23.8 Å². The van der Waals surface area contributed by atoms with Gasteiger partial charge in [-0.2, -0.15) is 0 Å². The van der Waals surface area contributed by atoms with Gasteiger partial charge in [0.15, 0.2) is 11.5 Å². The summed E-state index contributed by atoms with van der Waals surface area (Å²) >= 11 is 0. The van der Waals surface area contributed by atoms with Crippen LogP contribution in [0.5, 0.6) is 28.9 Å². The van der Waals surface area contributed by atoms with Crippen molar-refractivity contribution in [1.29, 1.82) is 0 Å². The third kappa shape index (κ3) is 3.35. The number of phenols is 1. The molecule has 0 unspecified atom stereocenters. The molecule has 1 aliphatic rings. The molecule has 1 atom stereocenters. The molecule has 0 saturated heterocycles. The van der Waals surface area contributed by atoms with Crippen molar-refractivity contribution in [2.24, 2.45) is 0 Å². The van der Waals surface area contributed by atoms with Gasteiger partial charge >= 0.3 is 5.88 Å². The highest BCUT2D eigenvalue weighted by molar-refractivity contribution is 5.63. The number of ether oxygens (including phenoxy) is 3. The standard InChI is InChI=1S/C22H23N3O5/c1-28-16-7-4-13(10-18(16)29-2)19-15-6-5-14(27)11-17(15)30-22-20(19)21(23)25(12-24-22)8-3-9-26/h4-7,10-12,19,23,26-27H,3,8-9H2,1-2H3/p+1/t19-/m1/s1. The van der Waals surface area contributed by atoms with Gasteiger partial charge in [0.2, 0.25) is 12.1 Å². The Kier molecular flexibility index (Phi) is 5.33. The first-order chi connectivity index (χ1) is 14.6. The third-order valence-electron chi connectivity index (χ3n) is 5.23. The summed E-state index contributed by atoms with van der Waals surface area (Å²) < 4.78 is 18.7. The van der Waals surface area contributed by atoms with E-state index >= 15 is 0 Å². The largest absolute Gasteiger partial charge is 0.508 e. The molecule has 4 N–H and O–H groups in total. The lowest BCUT2D eigenvalue weighted by Gasteiger charge is -2.27. The average Bonchev–Trinajstić information content (AvgIpc) is 2.76. The Bertz CT molecular complexity index is 1090. The summed E-state index contributed by atoms with van der Waals surface area (Å²) in [4.78, 5) is 4.46. The van der Waals surface area contributed by atoms with E-state index < -0.39 is 0 Å². The van der Waals surface area contributed by atoms with Gasteiger partial charge < -0.3 is 30.2 Å². The van der Waals surface area contributed by atoms with Gasteiger partial charge in [-0.3, -0.25) is 0 Å². The number of methoxy groups -OCH3 is 2. The van der Waals surface area contributed by atoms with Gasteiger partial charge in [0.25, 0.3) is 0 Å². The van der Waals surface area contributed by atoms with Gasteiger partial charge in [0.1, 0.15) is 17.1 Å². The van der Waals surface area contributed by atoms with E-state index in [0.29, 0.717) is 41.9 Å². The lowest BCUT2D eigenvalue weighted by atomic mass is 9.83. The second-order valence-corrected chi connectivity index (χ2v) is 6.99. The van der Waals surface area contributed by atoms with Crippen LogP contribution in [-0.2, 0) is 6.54 Å². The summed E-state index contributed by atoms with van der Waals surface area (Å²) in [6.07, 6.45) is 2.16. The fourth-order valence-electron chi connectivity index (χ4n) is 3.78. The van der Waals surface area contributed by atoms with Crippen molar-refractivity contribution < 1.29 is 29.0 Å². The zero-order valence-electron chi connectivity index (χ0n) is 16.8. The van der Waals surface area contributed by atoms with Gasteiger partial charge in [-0.25, -0.2) is 4.57 Å². The van der Waals surface area contributed by atoms with Crippen molar-refractivity contribution in [3.05, 3.63) is 59.4 Å². The van der Waals surface area contributed by atoms with Crippen molar-refractivity contribution in [1.82, 2.24) is 4.98 Å². The predicted octanol–water partition coefficient (Wildman–Crippen LogP) is 2.34. The SMILES string of the molecule is COc1ccc([C@@H]2c3ccc(O)cc3Oc3nc[n+](CCCO)c(N)c32)cc1OC. The number of benzene rings is 2. The minimum atomic E-state index is -0.293. The highest BCUT2D eigenvalue weighted by Crippen LogP contribution is 2.49. The first kappa shape index (κ1) is 19.8. The first-order valence-corrected chi connectivity index (χ1v) is 9.58. The molecule has 0 radical (unpaired) electrons. The number of nitrogens with zero attached hydrogens (tertiary/aromatic N) is 2. The number of hydrogen-bond donors (Lipinski definition) is 3. The number of rotatable bonds is 6. The number of aliphatic hydroxyl groups is 1. The molecule has 8 heteroatoms. The number of aromatic nitrogens is 2. The molecule has 1 aliphatic heterocycles. The predicted molar refractivity (Wildman–Crippen MR) is 109 cm³/mol.